The summed E-state index contributed by atoms with van der Waals surface area (Å²) in [6.45, 7) is 1.94. The van der Waals surface area contributed by atoms with E-state index in [2.05, 4.69) is 5.32 Å². The maximum absolute atomic E-state index is 12.0. The molecule has 0 aliphatic carbocycles. The molecule has 0 fully saturated rings. The number of rotatable bonds is 3. The molecule has 3 heteroatoms. The van der Waals surface area contributed by atoms with Crippen molar-refractivity contribution in [1.29, 1.82) is 0 Å². The van der Waals surface area contributed by atoms with Crippen LogP contribution in [0.2, 0.25) is 5.02 Å². The number of carbonyl (C=O) groups excluding carboxylic acids is 1. The molecule has 18 heavy (non-hydrogen) atoms. The van der Waals surface area contributed by atoms with Crippen molar-refractivity contribution in [2.75, 3.05) is 0 Å². The van der Waals surface area contributed by atoms with Crippen LogP contribution in [0.4, 0.5) is 0 Å². The van der Waals surface area contributed by atoms with Gasteiger partial charge in [0.1, 0.15) is 0 Å². The molecule has 0 unspecified atom stereocenters. The van der Waals surface area contributed by atoms with Gasteiger partial charge in [0.15, 0.2) is 0 Å². The van der Waals surface area contributed by atoms with Gasteiger partial charge in [-0.1, -0.05) is 41.9 Å². The number of hydrogen-bond donors (Lipinski definition) is 1. The molecule has 1 amide bonds. The van der Waals surface area contributed by atoms with Crippen LogP contribution in [0.25, 0.3) is 0 Å². The average Bonchev–Trinajstić information content (AvgIpc) is 2.39. The lowest BCUT2D eigenvalue weighted by molar-refractivity contribution is 0.0940. The van der Waals surface area contributed by atoms with Crippen molar-refractivity contribution in [1.82, 2.24) is 5.32 Å². The third-order valence-corrected chi connectivity index (χ3v) is 2.97. The van der Waals surface area contributed by atoms with Gasteiger partial charge >= 0.3 is 0 Å². The second-order valence-corrected chi connectivity index (χ2v) is 4.55. The van der Waals surface area contributed by atoms with E-state index in [0.29, 0.717) is 10.6 Å². The highest BCUT2D eigenvalue weighted by Crippen LogP contribution is 2.17. The first kappa shape index (κ1) is 12.7. The van der Waals surface area contributed by atoms with E-state index in [1.165, 1.54) is 0 Å². The number of carbonyl (C=O) groups is 1. The van der Waals surface area contributed by atoms with Crippen molar-refractivity contribution in [3.8, 4) is 0 Å². The Hall–Kier alpha value is -1.80. The van der Waals surface area contributed by atoms with Crippen molar-refractivity contribution in [3.63, 3.8) is 0 Å². The molecule has 0 saturated carbocycles. The minimum Gasteiger partial charge on any atom is -0.346 e. The summed E-state index contributed by atoms with van der Waals surface area (Å²) in [6, 6.07) is 16.6. The Balaban J connectivity index is 2.08. The lowest BCUT2D eigenvalue weighted by Crippen LogP contribution is -2.26. The van der Waals surface area contributed by atoms with E-state index in [9.17, 15) is 4.79 Å². The summed E-state index contributed by atoms with van der Waals surface area (Å²) in [5.41, 5.74) is 1.65. The Bertz CT molecular complexity index is 539. The van der Waals surface area contributed by atoms with Crippen molar-refractivity contribution >= 4 is 17.5 Å². The van der Waals surface area contributed by atoms with Gasteiger partial charge in [-0.05, 0) is 36.8 Å². The van der Waals surface area contributed by atoms with Crippen LogP contribution in [0.3, 0.4) is 0 Å². The minimum atomic E-state index is -0.0805. The maximum atomic E-state index is 12.0. The lowest BCUT2D eigenvalue weighted by atomic mass is 10.1. The van der Waals surface area contributed by atoms with E-state index < -0.39 is 0 Å². The number of halogens is 1. The molecule has 2 nitrogen and oxygen atoms in total. The van der Waals surface area contributed by atoms with Crippen molar-refractivity contribution in [2.24, 2.45) is 0 Å². The number of benzene rings is 2. The summed E-state index contributed by atoms with van der Waals surface area (Å²) in [5, 5.41) is 3.62. The van der Waals surface area contributed by atoms with Gasteiger partial charge < -0.3 is 5.32 Å². The van der Waals surface area contributed by atoms with Gasteiger partial charge in [0.05, 0.1) is 6.04 Å². The first-order valence-corrected chi connectivity index (χ1v) is 6.16. The first-order valence-electron chi connectivity index (χ1n) is 5.78. The first-order chi connectivity index (χ1) is 8.66. The SMILES string of the molecule is C[C@H](NC(=O)c1ccccc1)c1cccc(Cl)c1. The van der Waals surface area contributed by atoms with Crippen LogP contribution in [0.5, 0.6) is 0 Å². The highest BCUT2D eigenvalue weighted by atomic mass is 35.5. The summed E-state index contributed by atoms with van der Waals surface area (Å²) in [7, 11) is 0. The summed E-state index contributed by atoms with van der Waals surface area (Å²) in [6.07, 6.45) is 0. The fraction of sp³-hybridized carbons (Fsp3) is 0.133. The molecule has 92 valence electrons. The zero-order valence-corrected chi connectivity index (χ0v) is 10.8. The molecule has 2 rings (SSSR count). The topological polar surface area (TPSA) is 29.1 Å². The predicted octanol–water partition coefficient (Wildman–Crippen LogP) is 3.83. The molecule has 0 aromatic heterocycles. The molecule has 1 atom stereocenters. The summed E-state index contributed by atoms with van der Waals surface area (Å²) >= 11 is 5.93. The highest BCUT2D eigenvalue weighted by molar-refractivity contribution is 6.30. The maximum Gasteiger partial charge on any atom is 0.251 e. The fourth-order valence-corrected chi connectivity index (χ4v) is 1.93. The smallest absolute Gasteiger partial charge is 0.251 e. The van der Waals surface area contributed by atoms with Crippen molar-refractivity contribution in [3.05, 3.63) is 70.7 Å². The van der Waals surface area contributed by atoms with Gasteiger partial charge in [-0.2, -0.15) is 0 Å². The Labute approximate surface area is 112 Å². The van der Waals surface area contributed by atoms with Crippen LogP contribution in [0, 0.1) is 0 Å². The van der Waals surface area contributed by atoms with Gasteiger partial charge in [-0.3, -0.25) is 4.79 Å². The van der Waals surface area contributed by atoms with E-state index in [1.54, 1.807) is 12.1 Å². The minimum absolute atomic E-state index is 0.0728. The number of nitrogens with one attached hydrogen (secondary N) is 1. The fourth-order valence-electron chi connectivity index (χ4n) is 1.73. The van der Waals surface area contributed by atoms with E-state index in [-0.39, 0.29) is 11.9 Å². The molecule has 0 aliphatic rings. The van der Waals surface area contributed by atoms with Crippen LogP contribution in [0.15, 0.2) is 54.6 Å². The molecular weight excluding hydrogens is 246 g/mol. The lowest BCUT2D eigenvalue weighted by Gasteiger charge is -2.14. The van der Waals surface area contributed by atoms with Crippen LogP contribution >= 0.6 is 11.6 Å². The van der Waals surface area contributed by atoms with Crippen LogP contribution in [-0.4, -0.2) is 5.91 Å². The molecule has 0 saturated heterocycles. The normalized spacial score (nSPS) is 11.9. The predicted molar refractivity (Wildman–Crippen MR) is 73.8 cm³/mol. The molecular formula is C15H14ClNO. The monoisotopic (exact) mass is 259 g/mol. The highest BCUT2D eigenvalue weighted by Gasteiger charge is 2.10. The molecule has 0 spiro atoms. The third kappa shape index (κ3) is 3.11. The Morgan fingerprint density at radius 2 is 1.83 bits per heavy atom. The van der Waals surface area contributed by atoms with Crippen LogP contribution in [-0.2, 0) is 0 Å². The van der Waals surface area contributed by atoms with E-state index in [4.69, 9.17) is 11.6 Å². The third-order valence-electron chi connectivity index (χ3n) is 2.73. The van der Waals surface area contributed by atoms with Crippen LogP contribution in [0.1, 0.15) is 28.9 Å². The summed E-state index contributed by atoms with van der Waals surface area (Å²) in [5.74, 6) is -0.0805. The molecule has 0 aliphatic heterocycles. The zero-order valence-electron chi connectivity index (χ0n) is 10.1. The standard InChI is InChI=1S/C15H14ClNO/c1-11(13-8-5-9-14(16)10-13)17-15(18)12-6-3-2-4-7-12/h2-11H,1H3,(H,17,18)/t11-/m0/s1. The van der Waals surface area contributed by atoms with Gasteiger partial charge in [-0.25, -0.2) is 0 Å². The van der Waals surface area contributed by atoms with Gasteiger partial charge in [0.25, 0.3) is 5.91 Å². The summed E-state index contributed by atoms with van der Waals surface area (Å²) in [4.78, 5) is 12.0. The van der Waals surface area contributed by atoms with E-state index >= 15 is 0 Å². The molecule has 0 heterocycles. The van der Waals surface area contributed by atoms with E-state index in [0.717, 1.165) is 5.56 Å². The van der Waals surface area contributed by atoms with Crippen molar-refractivity contribution in [2.45, 2.75) is 13.0 Å². The zero-order chi connectivity index (χ0) is 13.0. The Morgan fingerprint density at radius 1 is 1.11 bits per heavy atom. The van der Waals surface area contributed by atoms with Gasteiger partial charge in [0.2, 0.25) is 0 Å². The summed E-state index contributed by atoms with van der Waals surface area (Å²) < 4.78 is 0. The quantitative estimate of drug-likeness (QED) is 0.892. The number of hydrogen-bond acceptors (Lipinski definition) is 1. The van der Waals surface area contributed by atoms with E-state index in [1.807, 2.05) is 49.4 Å². The molecule has 2 aromatic rings. The molecule has 1 N–H and O–H groups in total. The Morgan fingerprint density at radius 3 is 2.50 bits per heavy atom. The van der Waals surface area contributed by atoms with Crippen LogP contribution < -0.4 is 5.32 Å². The largest absolute Gasteiger partial charge is 0.346 e. The van der Waals surface area contributed by atoms with Crippen molar-refractivity contribution < 1.29 is 4.79 Å². The molecule has 0 bridgehead atoms. The average molecular weight is 260 g/mol. The van der Waals surface area contributed by atoms with Gasteiger partial charge in [0, 0.05) is 10.6 Å². The second-order valence-electron chi connectivity index (χ2n) is 4.12. The molecule has 0 radical (unpaired) electrons. The number of amides is 1. The Kier molecular flexibility index (Phi) is 4.00. The second kappa shape index (κ2) is 5.69. The molecule has 2 aromatic carbocycles. The van der Waals surface area contributed by atoms with Gasteiger partial charge in [-0.15, -0.1) is 0 Å².